The molecule has 0 aromatic carbocycles. The van der Waals surface area contributed by atoms with Crippen molar-refractivity contribution in [2.24, 2.45) is 0 Å². The van der Waals surface area contributed by atoms with Gasteiger partial charge >= 0.3 is 0 Å². The minimum atomic E-state index is -1.46. The predicted octanol–water partition coefficient (Wildman–Crippen LogP) is 2.34. The zero-order valence-corrected chi connectivity index (χ0v) is 9.05. The number of furan rings is 1. The van der Waals surface area contributed by atoms with E-state index in [1.807, 2.05) is 0 Å². The fourth-order valence-corrected chi connectivity index (χ4v) is 1.20. The van der Waals surface area contributed by atoms with Gasteiger partial charge in [0.25, 0.3) is 5.78 Å². The van der Waals surface area contributed by atoms with E-state index in [4.69, 9.17) is 4.42 Å². The Morgan fingerprint density at radius 1 is 1.46 bits per heavy atom. The van der Waals surface area contributed by atoms with Crippen molar-refractivity contribution in [2.75, 3.05) is 0 Å². The molecule has 3 heteroatoms. The van der Waals surface area contributed by atoms with E-state index in [9.17, 15) is 4.79 Å². The first-order valence-electron chi connectivity index (χ1n) is 4.10. The van der Waals surface area contributed by atoms with Gasteiger partial charge in [-0.3, -0.25) is 4.79 Å². The number of ketones is 1. The van der Waals surface area contributed by atoms with E-state index in [0.29, 0.717) is 5.76 Å². The highest BCUT2D eigenvalue weighted by Gasteiger charge is 2.10. The summed E-state index contributed by atoms with van der Waals surface area (Å²) in [7, 11) is -1.46. The van der Waals surface area contributed by atoms with Crippen molar-refractivity contribution in [1.82, 2.24) is 0 Å². The van der Waals surface area contributed by atoms with Crippen molar-refractivity contribution in [3.63, 3.8) is 0 Å². The highest BCUT2D eigenvalue weighted by molar-refractivity contribution is 6.84. The maximum absolute atomic E-state index is 11.3. The lowest BCUT2D eigenvalue weighted by Gasteiger charge is -2.02. The molecule has 68 valence electrons. The van der Waals surface area contributed by atoms with E-state index in [1.165, 1.54) is 6.26 Å². The van der Waals surface area contributed by atoms with E-state index in [-0.39, 0.29) is 5.78 Å². The van der Waals surface area contributed by atoms with Crippen LogP contribution in [0, 0.1) is 11.5 Å². The second-order valence-corrected chi connectivity index (χ2v) is 8.56. The maximum Gasteiger partial charge on any atom is 0.270 e. The van der Waals surface area contributed by atoms with Crippen molar-refractivity contribution in [3.8, 4) is 11.5 Å². The fraction of sp³-hybridized carbons (Fsp3) is 0.300. The minimum absolute atomic E-state index is 0.229. The van der Waals surface area contributed by atoms with Crippen LogP contribution >= 0.6 is 0 Å². The van der Waals surface area contributed by atoms with Crippen molar-refractivity contribution in [1.29, 1.82) is 0 Å². The molecule has 0 saturated heterocycles. The second kappa shape index (κ2) is 3.63. The Labute approximate surface area is 79.0 Å². The van der Waals surface area contributed by atoms with Gasteiger partial charge in [0.05, 0.1) is 6.26 Å². The molecule has 1 heterocycles. The van der Waals surface area contributed by atoms with Gasteiger partial charge in [-0.05, 0) is 18.1 Å². The zero-order chi connectivity index (χ0) is 9.90. The lowest BCUT2D eigenvalue weighted by molar-refractivity contribution is 0.103. The summed E-state index contributed by atoms with van der Waals surface area (Å²) in [5.41, 5.74) is 2.99. The van der Waals surface area contributed by atoms with Crippen LogP contribution in [0.15, 0.2) is 22.8 Å². The smallest absolute Gasteiger partial charge is 0.270 e. The summed E-state index contributed by atoms with van der Waals surface area (Å²) in [5.74, 6) is 2.70. The molecule has 0 fully saturated rings. The first kappa shape index (κ1) is 9.81. The molecule has 0 saturated carbocycles. The molecule has 0 spiro atoms. The van der Waals surface area contributed by atoms with E-state index >= 15 is 0 Å². The van der Waals surface area contributed by atoms with Crippen molar-refractivity contribution in [3.05, 3.63) is 24.2 Å². The van der Waals surface area contributed by atoms with Crippen molar-refractivity contribution in [2.45, 2.75) is 19.6 Å². The first-order valence-corrected chi connectivity index (χ1v) is 7.60. The van der Waals surface area contributed by atoms with E-state index in [0.717, 1.165) is 0 Å². The Hall–Kier alpha value is -1.27. The molecule has 1 rings (SSSR count). The molecule has 0 unspecified atom stereocenters. The molecule has 13 heavy (non-hydrogen) atoms. The highest BCUT2D eigenvalue weighted by Crippen LogP contribution is 2.01. The standard InChI is InChI=1S/C10H12O2Si/c1-13(2,3)8-6-9(11)10-5-4-7-12-10/h4-5,7H,1-3H3. The third kappa shape index (κ3) is 3.30. The summed E-state index contributed by atoms with van der Waals surface area (Å²) >= 11 is 0. The van der Waals surface area contributed by atoms with Crippen LogP contribution in [0.25, 0.3) is 0 Å². The topological polar surface area (TPSA) is 30.2 Å². The molecule has 0 bridgehead atoms. The Kier molecular flexibility index (Phi) is 2.74. The average Bonchev–Trinajstić information content (AvgIpc) is 2.50. The largest absolute Gasteiger partial charge is 0.460 e. The molecular formula is C10H12O2Si. The van der Waals surface area contributed by atoms with Crippen LogP contribution in [-0.4, -0.2) is 13.9 Å². The van der Waals surface area contributed by atoms with Gasteiger partial charge in [-0.1, -0.05) is 19.6 Å². The normalized spacial score (nSPS) is 10.4. The Bertz CT molecular complexity index is 347. The van der Waals surface area contributed by atoms with Gasteiger partial charge in [-0.25, -0.2) is 0 Å². The van der Waals surface area contributed by atoms with Crippen LogP contribution in [0.1, 0.15) is 10.6 Å². The number of hydrogen-bond acceptors (Lipinski definition) is 2. The third-order valence-corrected chi connectivity index (χ3v) is 2.17. The lowest BCUT2D eigenvalue weighted by atomic mass is 10.3. The van der Waals surface area contributed by atoms with Gasteiger partial charge in [-0.2, -0.15) is 0 Å². The molecule has 0 atom stereocenters. The molecule has 0 radical (unpaired) electrons. The Morgan fingerprint density at radius 3 is 2.62 bits per heavy atom. The lowest BCUT2D eigenvalue weighted by Crippen LogP contribution is -2.17. The summed E-state index contributed by atoms with van der Waals surface area (Å²) < 4.78 is 4.92. The molecule has 1 aromatic rings. The molecule has 0 aliphatic heterocycles. The van der Waals surface area contributed by atoms with Gasteiger partial charge in [0.1, 0.15) is 8.07 Å². The van der Waals surface area contributed by atoms with E-state index in [2.05, 4.69) is 31.1 Å². The van der Waals surface area contributed by atoms with E-state index < -0.39 is 8.07 Å². The summed E-state index contributed by atoms with van der Waals surface area (Å²) in [6, 6.07) is 3.31. The van der Waals surface area contributed by atoms with Crippen LogP contribution in [0.3, 0.4) is 0 Å². The van der Waals surface area contributed by atoms with Crippen molar-refractivity contribution < 1.29 is 9.21 Å². The monoisotopic (exact) mass is 192 g/mol. The Morgan fingerprint density at radius 2 is 2.15 bits per heavy atom. The minimum Gasteiger partial charge on any atom is -0.460 e. The molecule has 1 aromatic heterocycles. The van der Waals surface area contributed by atoms with Crippen LogP contribution in [-0.2, 0) is 0 Å². The van der Waals surface area contributed by atoms with Gasteiger partial charge in [0, 0.05) is 0 Å². The quantitative estimate of drug-likeness (QED) is 0.388. The number of carbonyl (C=O) groups is 1. The van der Waals surface area contributed by atoms with Gasteiger partial charge in [-0.15, -0.1) is 5.54 Å². The summed E-state index contributed by atoms with van der Waals surface area (Å²) in [6.45, 7) is 6.28. The van der Waals surface area contributed by atoms with Crippen LogP contribution < -0.4 is 0 Å². The van der Waals surface area contributed by atoms with Gasteiger partial charge in [0.15, 0.2) is 5.76 Å². The molecule has 0 aliphatic carbocycles. The number of hydrogen-bond donors (Lipinski definition) is 0. The van der Waals surface area contributed by atoms with E-state index in [1.54, 1.807) is 12.1 Å². The van der Waals surface area contributed by atoms with Crippen LogP contribution in [0.4, 0.5) is 0 Å². The predicted molar refractivity (Wildman–Crippen MR) is 54.2 cm³/mol. The molecule has 0 N–H and O–H groups in total. The van der Waals surface area contributed by atoms with Crippen LogP contribution in [0.5, 0.6) is 0 Å². The molecule has 2 nitrogen and oxygen atoms in total. The molecular weight excluding hydrogens is 180 g/mol. The number of Topliss-reactive ketones (excluding diaryl/α,β-unsaturated/α-hetero) is 1. The van der Waals surface area contributed by atoms with Crippen molar-refractivity contribution >= 4 is 13.9 Å². The van der Waals surface area contributed by atoms with Gasteiger partial charge in [0.2, 0.25) is 0 Å². The first-order chi connectivity index (χ1) is 5.99. The Balaban J connectivity index is 2.76. The zero-order valence-electron chi connectivity index (χ0n) is 8.05. The second-order valence-electron chi connectivity index (χ2n) is 3.81. The van der Waals surface area contributed by atoms with Crippen LogP contribution in [0.2, 0.25) is 19.6 Å². The molecule has 0 aliphatic rings. The molecule has 0 amide bonds. The summed E-state index contributed by atoms with van der Waals surface area (Å²) in [5, 5.41) is 0. The summed E-state index contributed by atoms with van der Waals surface area (Å²) in [4.78, 5) is 11.3. The third-order valence-electron chi connectivity index (χ3n) is 1.30. The fourth-order valence-electron chi connectivity index (χ4n) is 0.714. The maximum atomic E-state index is 11.3. The number of carbonyl (C=O) groups excluding carboxylic acids is 1. The van der Waals surface area contributed by atoms with Gasteiger partial charge < -0.3 is 4.42 Å². The number of rotatable bonds is 1. The SMILES string of the molecule is C[Si](C)(C)C#CC(=O)c1ccco1. The summed E-state index contributed by atoms with van der Waals surface area (Å²) in [6.07, 6.45) is 1.48. The highest BCUT2D eigenvalue weighted by atomic mass is 28.3. The average molecular weight is 192 g/mol.